The predicted molar refractivity (Wildman–Crippen MR) is 229 cm³/mol. The quantitative estimate of drug-likeness (QED) is 0.0483. The lowest BCUT2D eigenvalue weighted by molar-refractivity contribution is -0.135. The molecule has 2 aromatic heterocycles. The molecule has 14 N–H and O–H groups in total. The van der Waals surface area contributed by atoms with Crippen molar-refractivity contribution < 1.29 is 33.6 Å². The van der Waals surface area contributed by atoms with Crippen molar-refractivity contribution in [1.82, 2.24) is 46.9 Å². The molecule has 328 valence electrons. The monoisotopic (exact) mass is 851 g/mol. The lowest BCUT2D eigenvalue weighted by atomic mass is 10.0. The maximum absolute atomic E-state index is 14.4. The number of rotatable bonds is 11. The van der Waals surface area contributed by atoms with Crippen LogP contribution in [0.4, 0.5) is 0 Å². The third kappa shape index (κ3) is 14.1. The first-order chi connectivity index (χ1) is 29.9. The van der Waals surface area contributed by atoms with Crippen molar-refractivity contribution in [2.45, 2.75) is 81.6 Å². The van der Waals surface area contributed by atoms with Gasteiger partial charge in [0, 0.05) is 73.5 Å². The number of aromatic amines is 2. The van der Waals surface area contributed by atoms with Gasteiger partial charge >= 0.3 is 0 Å². The van der Waals surface area contributed by atoms with Crippen LogP contribution < -0.4 is 49.1 Å². The first-order valence-electron chi connectivity index (χ1n) is 20.2. The number of aliphatic imine (C=N–C) groups is 1. The molecule has 5 rings (SSSR count). The molecule has 4 aromatic rings. The van der Waals surface area contributed by atoms with Crippen molar-refractivity contribution in [1.29, 1.82) is 0 Å². The van der Waals surface area contributed by atoms with Crippen molar-refractivity contribution in [3.05, 3.63) is 102 Å². The first kappa shape index (κ1) is 45.6. The molecule has 5 atom stereocenters. The highest BCUT2D eigenvalue weighted by Gasteiger charge is 2.33. The number of nitrogens with two attached hydrogens (primary N) is 3. The summed E-state index contributed by atoms with van der Waals surface area (Å²) in [6, 6.07) is 10.0. The summed E-state index contributed by atoms with van der Waals surface area (Å²) in [6.45, 7) is 0.277. The van der Waals surface area contributed by atoms with E-state index in [4.69, 9.17) is 17.2 Å². The first-order valence-corrected chi connectivity index (χ1v) is 20.2. The smallest absolute Gasteiger partial charge is 0.244 e. The number of carbonyl (C=O) groups is 7. The Bertz CT molecular complexity index is 2240. The van der Waals surface area contributed by atoms with Crippen molar-refractivity contribution in [3.63, 3.8) is 0 Å². The number of aromatic nitrogens is 3. The standard InChI is InChI=1S/C42H53N13O7/c43-37(58)30-13-6-7-17-47-35(56)15-16-36(57)51-34(21-27-23-46-24-50-27)41(62)54-32(19-25-9-2-1-3-10-25)39(60)53-31(14-8-18-48-42(44)45)38(59)55-33(40(61)52-30)20-26-22-49-29-12-5-4-11-28(26)29/h1-5,9-12,15-16,22-24,30-34,49H,6-8,13-14,17-21H2,(H2,43,58)(H,46,50)(H,47,56)(H,51,57)(H,52,61)(H,53,60)(H,54,62)(H,55,59)(H4,44,45,48)/b16-15-/t30-,31-,32+,33-,34-/m0/s1. The van der Waals surface area contributed by atoms with E-state index in [1.54, 1.807) is 36.5 Å². The highest BCUT2D eigenvalue weighted by Crippen LogP contribution is 2.20. The van der Waals surface area contributed by atoms with Crippen LogP contribution in [0.3, 0.4) is 0 Å². The number of para-hydroxylation sites is 1. The predicted octanol–water partition coefficient (Wildman–Crippen LogP) is -1.26. The van der Waals surface area contributed by atoms with E-state index in [9.17, 15) is 33.6 Å². The molecule has 2 aromatic carbocycles. The summed E-state index contributed by atoms with van der Waals surface area (Å²) in [6.07, 6.45) is 7.58. The molecule has 0 unspecified atom stereocenters. The normalized spacial score (nSPS) is 21.9. The average Bonchev–Trinajstić information content (AvgIpc) is 3.92. The van der Waals surface area contributed by atoms with Gasteiger partial charge in [0.25, 0.3) is 0 Å². The third-order valence-electron chi connectivity index (χ3n) is 10.1. The Kier molecular flexibility index (Phi) is 16.7. The van der Waals surface area contributed by atoms with Gasteiger partial charge in [-0.3, -0.25) is 38.6 Å². The minimum atomic E-state index is -1.29. The Labute approximate surface area is 357 Å². The molecule has 0 spiro atoms. The number of nitrogens with one attached hydrogen (secondary N) is 8. The Balaban J connectivity index is 1.51. The molecule has 0 radical (unpaired) electrons. The van der Waals surface area contributed by atoms with E-state index in [2.05, 4.69) is 51.8 Å². The topological polar surface area (TPSA) is 327 Å². The molecule has 1 aliphatic rings. The number of imidazole rings is 1. The fraction of sp³-hybridized carbons (Fsp3) is 0.357. The summed E-state index contributed by atoms with van der Waals surface area (Å²) in [5.41, 5.74) is 19.4. The molecule has 0 saturated carbocycles. The minimum Gasteiger partial charge on any atom is -0.370 e. The van der Waals surface area contributed by atoms with Crippen molar-refractivity contribution >= 4 is 58.2 Å². The third-order valence-corrected chi connectivity index (χ3v) is 10.1. The largest absolute Gasteiger partial charge is 0.370 e. The fourth-order valence-electron chi connectivity index (χ4n) is 6.88. The van der Waals surface area contributed by atoms with Crippen LogP contribution in [-0.2, 0) is 52.8 Å². The lowest BCUT2D eigenvalue weighted by Crippen LogP contribution is -2.59. The highest BCUT2D eigenvalue weighted by atomic mass is 16.2. The number of hydrogen-bond acceptors (Lipinski definition) is 9. The second-order valence-corrected chi connectivity index (χ2v) is 14.8. The van der Waals surface area contributed by atoms with Crippen molar-refractivity contribution in [2.75, 3.05) is 13.1 Å². The summed E-state index contributed by atoms with van der Waals surface area (Å²) in [7, 11) is 0. The van der Waals surface area contributed by atoms with E-state index in [1.165, 1.54) is 12.5 Å². The maximum Gasteiger partial charge on any atom is 0.244 e. The van der Waals surface area contributed by atoms with E-state index >= 15 is 0 Å². The summed E-state index contributed by atoms with van der Waals surface area (Å²) in [5.74, 6) is -5.26. The Hall–Kier alpha value is -7.51. The van der Waals surface area contributed by atoms with Gasteiger partial charge in [-0.25, -0.2) is 4.98 Å². The second-order valence-electron chi connectivity index (χ2n) is 14.8. The SMILES string of the molecule is NC(=O)[C@@H]1CCCCNC(=O)/C=C\C(=O)N[C@@H](Cc2cnc[nH]2)C(=O)N[C@H](Cc2ccccc2)C(=O)N[C@@H](CCCN=C(N)N)C(=O)N[C@@H](Cc2c[nH]c3ccccc23)C(=O)N1. The molecular weight excluding hydrogens is 799 g/mol. The Morgan fingerprint density at radius 1 is 0.694 bits per heavy atom. The van der Waals surface area contributed by atoms with E-state index in [1.807, 2.05) is 24.3 Å². The van der Waals surface area contributed by atoms with Gasteiger partial charge < -0.3 is 59.1 Å². The van der Waals surface area contributed by atoms with Gasteiger partial charge in [-0.2, -0.15) is 0 Å². The van der Waals surface area contributed by atoms with Gasteiger partial charge in [0.15, 0.2) is 5.96 Å². The Morgan fingerprint density at radius 2 is 1.34 bits per heavy atom. The van der Waals surface area contributed by atoms with Gasteiger partial charge in [0.05, 0.1) is 6.33 Å². The molecule has 62 heavy (non-hydrogen) atoms. The summed E-state index contributed by atoms with van der Waals surface area (Å²) in [4.78, 5) is 109. The van der Waals surface area contributed by atoms with E-state index < -0.39 is 71.6 Å². The number of carbonyl (C=O) groups excluding carboxylic acids is 7. The van der Waals surface area contributed by atoms with E-state index in [0.29, 0.717) is 29.7 Å². The average molecular weight is 852 g/mol. The molecule has 0 aliphatic carbocycles. The zero-order chi connectivity index (χ0) is 44.4. The highest BCUT2D eigenvalue weighted by molar-refractivity contribution is 6.00. The van der Waals surface area contributed by atoms with Crippen LogP contribution in [0.5, 0.6) is 0 Å². The van der Waals surface area contributed by atoms with Gasteiger partial charge in [-0.1, -0.05) is 48.5 Å². The Morgan fingerprint density at radius 3 is 2.05 bits per heavy atom. The lowest BCUT2D eigenvalue weighted by Gasteiger charge is -2.27. The molecule has 0 fully saturated rings. The number of fused-ring (bicyclic) bond motifs is 1. The molecule has 20 nitrogen and oxygen atoms in total. The minimum absolute atomic E-state index is 0.00326. The van der Waals surface area contributed by atoms with Gasteiger partial charge in [-0.15, -0.1) is 0 Å². The molecule has 0 saturated heterocycles. The number of guanidine groups is 1. The molecular formula is C42H53N13O7. The van der Waals surface area contributed by atoms with Crippen LogP contribution in [-0.4, -0.2) is 106 Å². The zero-order valence-corrected chi connectivity index (χ0v) is 34.0. The van der Waals surface area contributed by atoms with Crippen LogP contribution in [0.1, 0.15) is 48.9 Å². The van der Waals surface area contributed by atoms with Gasteiger partial charge in [0.2, 0.25) is 41.4 Å². The van der Waals surface area contributed by atoms with Crippen molar-refractivity contribution in [2.24, 2.45) is 22.2 Å². The van der Waals surface area contributed by atoms with Crippen LogP contribution >= 0.6 is 0 Å². The maximum atomic E-state index is 14.4. The number of amides is 7. The van der Waals surface area contributed by atoms with Crippen molar-refractivity contribution in [3.8, 4) is 0 Å². The molecule has 7 amide bonds. The zero-order valence-electron chi connectivity index (χ0n) is 34.0. The van der Waals surface area contributed by atoms with Gasteiger partial charge in [-0.05, 0) is 49.3 Å². The summed E-state index contributed by atoms with van der Waals surface area (Å²) < 4.78 is 0. The van der Waals surface area contributed by atoms with Crippen LogP contribution in [0.15, 0.2) is 90.5 Å². The van der Waals surface area contributed by atoms with E-state index in [-0.39, 0.29) is 57.6 Å². The second kappa shape index (κ2) is 22.7. The summed E-state index contributed by atoms with van der Waals surface area (Å²) >= 11 is 0. The fourth-order valence-corrected chi connectivity index (χ4v) is 6.88. The van der Waals surface area contributed by atoms with Crippen LogP contribution in [0.25, 0.3) is 10.9 Å². The van der Waals surface area contributed by atoms with Crippen LogP contribution in [0.2, 0.25) is 0 Å². The number of H-pyrrole nitrogens is 2. The number of nitrogens with zero attached hydrogens (tertiary/aromatic N) is 2. The number of hydrogen-bond donors (Lipinski definition) is 11. The number of primary amides is 1. The molecule has 20 heteroatoms. The van der Waals surface area contributed by atoms with E-state index in [0.717, 1.165) is 23.1 Å². The van der Waals surface area contributed by atoms with Gasteiger partial charge in [0.1, 0.15) is 30.2 Å². The number of benzene rings is 2. The summed E-state index contributed by atoms with van der Waals surface area (Å²) in [5, 5.41) is 17.1. The molecule has 0 bridgehead atoms. The molecule has 3 heterocycles. The molecule has 1 aliphatic heterocycles. The van der Waals surface area contributed by atoms with Crippen LogP contribution in [0, 0.1) is 0 Å².